The summed E-state index contributed by atoms with van der Waals surface area (Å²) in [4.78, 5) is 12.2. The number of ether oxygens (including phenoxy) is 2. The van der Waals surface area contributed by atoms with Gasteiger partial charge in [0.25, 0.3) is 0 Å². The van der Waals surface area contributed by atoms with Crippen LogP contribution in [0.2, 0.25) is 0 Å². The summed E-state index contributed by atoms with van der Waals surface area (Å²) < 4.78 is 12.3. The quantitative estimate of drug-likeness (QED) is 0.916. The number of amides is 1. The molecule has 1 amide bonds. The van der Waals surface area contributed by atoms with Gasteiger partial charge in [-0.05, 0) is 24.6 Å². The van der Waals surface area contributed by atoms with Crippen LogP contribution in [0.15, 0.2) is 30.9 Å². The lowest BCUT2D eigenvalue weighted by Gasteiger charge is -2.14. The fourth-order valence-corrected chi connectivity index (χ4v) is 2.26. The van der Waals surface area contributed by atoms with Crippen LogP contribution in [0.3, 0.4) is 0 Å². The minimum Gasteiger partial charge on any atom is -0.495 e. The Labute approximate surface area is 121 Å². The molecule has 0 saturated carbocycles. The van der Waals surface area contributed by atoms with Gasteiger partial charge in [-0.15, -0.1) is 10.2 Å². The van der Waals surface area contributed by atoms with Gasteiger partial charge >= 0.3 is 0 Å². The van der Waals surface area contributed by atoms with Gasteiger partial charge in [-0.2, -0.15) is 0 Å². The lowest BCUT2D eigenvalue weighted by molar-refractivity contribution is -0.119. The molecule has 1 aromatic heterocycles. The number of nitrogens with one attached hydrogen (secondary N) is 1. The summed E-state index contributed by atoms with van der Waals surface area (Å²) in [5.74, 6) is 0.457. The molecular weight excluding hydrogens is 272 g/mol. The zero-order chi connectivity index (χ0) is 14.7. The highest BCUT2D eigenvalue weighted by molar-refractivity contribution is 5.94. The van der Waals surface area contributed by atoms with Crippen molar-refractivity contribution < 1.29 is 14.3 Å². The van der Waals surface area contributed by atoms with E-state index in [1.165, 1.54) is 0 Å². The Morgan fingerprint density at radius 3 is 2.90 bits per heavy atom. The van der Waals surface area contributed by atoms with Gasteiger partial charge in [-0.25, -0.2) is 0 Å². The summed E-state index contributed by atoms with van der Waals surface area (Å²) in [5.41, 5.74) is 1.47. The van der Waals surface area contributed by atoms with Crippen molar-refractivity contribution in [3.05, 3.63) is 30.9 Å². The van der Waals surface area contributed by atoms with E-state index in [0.29, 0.717) is 24.7 Å². The Bertz CT molecular complexity index is 621. The van der Waals surface area contributed by atoms with E-state index in [0.717, 1.165) is 12.1 Å². The fraction of sp³-hybridized carbons (Fsp3) is 0.357. The summed E-state index contributed by atoms with van der Waals surface area (Å²) in [6.07, 6.45) is 3.94. The number of carbonyl (C=O) groups is 1. The molecule has 7 nitrogen and oxygen atoms in total. The summed E-state index contributed by atoms with van der Waals surface area (Å²) in [7, 11) is 1.57. The van der Waals surface area contributed by atoms with Crippen LogP contribution in [0.1, 0.15) is 6.42 Å². The Morgan fingerprint density at radius 1 is 1.43 bits per heavy atom. The first-order valence-electron chi connectivity index (χ1n) is 6.69. The number of anilines is 1. The van der Waals surface area contributed by atoms with Gasteiger partial charge in [-0.1, -0.05) is 0 Å². The van der Waals surface area contributed by atoms with Gasteiger partial charge in [0.1, 0.15) is 18.4 Å². The first-order valence-corrected chi connectivity index (χ1v) is 6.69. The van der Waals surface area contributed by atoms with Crippen LogP contribution >= 0.6 is 0 Å². The number of aromatic nitrogens is 3. The summed E-state index contributed by atoms with van der Waals surface area (Å²) in [6, 6.07) is 5.50. The fourth-order valence-electron chi connectivity index (χ4n) is 2.26. The molecule has 1 N–H and O–H groups in total. The third-order valence-corrected chi connectivity index (χ3v) is 3.46. The van der Waals surface area contributed by atoms with Crippen LogP contribution in [0.5, 0.6) is 5.75 Å². The van der Waals surface area contributed by atoms with Gasteiger partial charge in [0.2, 0.25) is 5.91 Å². The Morgan fingerprint density at radius 2 is 2.24 bits per heavy atom. The second-order valence-corrected chi connectivity index (χ2v) is 4.80. The number of hydrogen-bond acceptors (Lipinski definition) is 5. The smallest absolute Gasteiger partial charge is 0.230 e. The molecule has 1 aliphatic rings. The average molecular weight is 288 g/mol. The number of benzene rings is 1. The Hall–Kier alpha value is -2.41. The van der Waals surface area contributed by atoms with E-state index in [1.54, 1.807) is 30.4 Å². The molecule has 1 atom stereocenters. The van der Waals surface area contributed by atoms with Crippen LogP contribution in [0, 0.1) is 5.92 Å². The first kappa shape index (κ1) is 13.6. The maximum Gasteiger partial charge on any atom is 0.230 e. The normalized spacial score (nSPS) is 17.7. The second-order valence-electron chi connectivity index (χ2n) is 4.80. The zero-order valence-electron chi connectivity index (χ0n) is 11.7. The van der Waals surface area contributed by atoms with Crippen molar-refractivity contribution >= 4 is 11.6 Å². The van der Waals surface area contributed by atoms with Crippen LogP contribution in [-0.4, -0.2) is 41.0 Å². The highest BCUT2D eigenvalue weighted by atomic mass is 16.5. The number of carbonyl (C=O) groups excluding carboxylic acids is 1. The lowest BCUT2D eigenvalue weighted by Crippen LogP contribution is -2.23. The Balaban J connectivity index is 1.85. The van der Waals surface area contributed by atoms with Crippen molar-refractivity contribution in [2.24, 2.45) is 5.92 Å². The number of nitrogens with zero attached hydrogens (tertiary/aromatic N) is 3. The standard InChI is InChI=1S/C14H16N4O3/c1-20-13-3-2-11(18-8-15-16-9-18)6-12(13)17-14(19)10-4-5-21-7-10/h2-3,6,8-10H,4-5,7H2,1H3,(H,17,19). The van der Waals surface area contributed by atoms with E-state index in [-0.39, 0.29) is 11.8 Å². The van der Waals surface area contributed by atoms with Gasteiger partial charge in [0.15, 0.2) is 0 Å². The third-order valence-electron chi connectivity index (χ3n) is 3.46. The number of hydrogen-bond donors (Lipinski definition) is 1. The van der Waals surface area contributed by atoms with Crippen molar-refractivity contribution in [1.82, 2.24) is 14.8 Å². The van der Waals surface area contributed by atoms with Crippen molar-refractivity contribution in [1.29, 1.82) is 0 Å². The average Bonchev–Trinajstić information content (AvgIpc) is 3.20. The summed E-state index contributed by atoms with van der Waals surface area (Å²) in [5, 5.41) is 10.5. The Kier molecular flexibility index (Phi) is 3.83. The van der Waals surface area contributed by atoms with Crippen molar-refractivity contribution in [3.8, 4) is 11.4 Å². The molecule has 7 heteroatoms. The molecule has 1 unspecified atom stereocenters. The minimum absolute atomic E-state index is 0.0493. The van der Waals surface area contributed by atoms with E-state index in [2.05, 4.69) is 15.5 Å². The van der Waals surface area contributed by atoms with Gasteiger partial charge in [-0.3, -0.25) is 9.36 Å². The molecule has 3 rings (SSSR count). The van der Waals surface area contributed by atoms with Crippen LogP contribution in [-0.2, 0) is 9.53 Å². The molecule has 110 valence electrons. The molecule has 0 radical (unpaired) electrons. The third kappa shape index (κ3) is 2.87. The minimum atomic E-state index is -0.103. The van der Waals surface area contributed by atoms with Crippen molar-refractivity contribution in [2.45, 2.75) is 6.42 Å². The van der Waals surface area contributed by atoms with Crippen molar-refractivity contribution in [3.63, 3.8) is 0 Å². The zero-order valence-corrected chi connectivity index (χ0v) is 11.7. The predicted molar refractivity (Wildman–Crippen MR) is 75.5 cm³/mol. The highest BCUT2D eigenvalue weighted by Gasteiger charge is 2.24. The summed E-state index contributed by atoms with van der Waals surface area (Å²) in [6.45, 7) is 1.11. The maximum absolute atomic E-state index is 12.2. The molecule has 1 aliphatic heterocycles. The molecular formula is C14H16N4O3. The monoisotopic (exact) mass is 288 g/mol. The summed E-state index contributed by atoms with van der Waals surface area (Å²) >= 11 is 0. The lowest BCUT2D eigenvalue weighted by atomic mass is 10.1. The SMILES string of the molecule is COc1ccc(-n2cnnc2)cc1NC(=O)C1CCOC1. The molecule has 1 saturated heterocycles. The largest absolute Gasteiger partial charge is 0.495 e. The highest BCUT2D eigenvalue weighted by Crippen LogP contribution is 2.28. The van der Waals surface area contributed by atoms with E-state index in [1.807, 2.05) is 12.1 Å². The number of rotatable bonds is 4. The second kappa shape index (κ2) is 5.92. The van der Waals surface area contributed by atoms with Crippen LogP contribution in [0.25, 0.3) is 5.69 Å². The molecule has 1 fully saturated rings. The van der Waals surface area contributed by atoms with Crippen molar-refractivity contribution in [2.75, 3.05) is 25.6 Å². The maximum atomic E-state index is 12.2. The molecule has 1 aromatic carbocycles. The molecule has 2 aromatic rings. The molecule has 0 spiro atoms. The first-order chi connectivity index (χ1) is 10.3. The number of methoxy groups -OCH3 is 1. The van der Waals surface area contributed by atoms with E-state index >= 15 is 0 Å². The van der Waals surface area contributed by atoms with E-state index in [4.69, 9.17) is 9.47 Å². The molecule has 0 bridgehead atoms. The molecule has 0 aliphatic carbocycles. The van der Waals surface area contributed by atoms with Crippen LogP contribution < -0.4 is 10.1 Å². The van der Waals surface area contributed by atoms with E-state index in [9.17, 15) is 4.79 Å². The van der Waals surface area contributed by atoms with E-state index < -0.39 is 0 Å². The predicted octanol–water partition coefficient (Wildman–Crippen LogP) is 1.25. The molecule has 2 heterocycles. The molecule has 21 heavy (non-hydrogen) atoms. The van der Waals surface area contributed by atoms with Gasteiger partial charge in [0.05, 0.1) is 31.0 Å². The van der Waals surface area contributed by atoms with Gasteiger partial charge < -0.3 is 14.8 Å². The van der Waals surface area contributed by atoms with Gasteiger partial charge in [0, 0.05) is 6.61 Å². The van der Waals surface area contributed by atoms with Crippen LogP contribution in [0.4, 0.5) is 5.69 Å². The topological polar surface area (TPSA) is 78.3 Å².